The molecular formula is C9H10N3S2. The van der Waals surface area contributed by atoms with Crippen LogP contribution in [-0.4, -0.2) is 22.4 Å². The first-order chi connectivity index (χ1) is 6.76. The SMILES string of the molecule is CSC1(C)N=CC=[C]N1c1cscn1. The highest BCUT2D eigenvalue weighted by atomic mass is 32.2. The average Bonchev–Trinajstić information content (AvgIpc) is 2.71. The molecule has 2 heterocycles. The smallest absolute Gasteiger partial charge is 0.182 e. The Labute approximate surface area is 91.6 Å². The summed E-state index contributed by atoms with van der Waals surface area (Å²) in [4.78, 5) is 10.3. The van der Waals surface area contributed by atoms with E-state index < -0.39 is 0 Å². The number of anilines is 1. The minimum atomic E-state index is -0.317. The molecule has 0 saturated carbocycles. The average molecular weight is 224 g/mol. The number of hydrogen-bond donors (Lipinski definition) is 0. The third-order valence-electron chi connectivity index (χ3n) is 2.04. The van der Waals surface area contributed by atoms with Crippen LogP contribution in [-0.2, 0) is 0 Å². The second kappa shape index (κ2) is 3.74. The first-order valence-corrected chi connectivity index (χ1v) is 6.30. The van der Waals surface area contributed by atoms with E-state index in [0.29, 0.717) is 0 Å². The summed E-state index contributed by atoms with van der Waals surface area (Å²) in [6, 6.07) is 0. The Hall–Kier alpha value is -0.810. The second-order valence-corrected chi connectivity index (χ2v) is 4.79. The number of thiazole rings is 1. The molecule has 1 radical (unpaired) electrons. The van der Waals surface area contributed by atoms with E-state index in [9.17, 15) is 0 Å². The van der Waals surface area contributed by atoms with Crippen molar-refractivity contribution in [2.75, 3.05) is 11.2 Å². The van der Waals surface area contributed by atoms with Gasteiger partial charge in [-0.1, -0.05) is 0 Å². The number of nitrogens with zero attached hydrogens (tertiary/aromatic N) is 3. The van der Waals surface area contributed by atoms with E-state index in [1.54, 1.807) is 35.4 Å². The highest BCUT2D eigenvalue weighted by molar-refractivity contribution is 8.00. The van der Waals surface area contributed by atoms with Gasteiger partial charge < -0.3 is 0 Å². The van der Waals surface area contributed by atoms with Crippen molar-refractivity contribution in [3.05, 3.63) is 23.2 Å². The quantitative estimate of drug-likeness (QED) is 0.772. The van der Waals surface area contributed by atoms with Gasteiger partial charge in [-0.3, -0.25) is 9.89 Å². The third kappa shape index (κ3) is 1.57. The molecule has 3 nitrogen and oxygen atoms in total. The van der Waals surface area contributed by atoms with Gasteiger partial charge in [0.25, 0.3) is 0 Å². The number of aromatic nitrogens is 1. The summed E-state index contributed by atoms with van der Waals surface area (Å²) in [7, 11) is 0. The lowest BCUT2D eigenvalue weighted by Crippen LogP contribution is -2.40. The fourth-order valence-electron chi connectivity index (χ4n) is 1.20. The van der Waals surface area contributed by atoms with E-state index in [0.717, 1.165) is 5.82 Å². The van der Waals surface area contributed by atoms with Gasteiger partial charge in [0.05, 0.1) is 11.7 Å². The molecule has 1 aromatic rings. The summed E-state index contributed by atoms with van der Waals surface area (Å²) in [5.74, 6) is 0.903. The molecule has 0 fully saturated rings. The molecule has 2 rings (SSSR count). The molecule has 0 aliphatic carbocycles. The van der Waals surface area contributed by atoms with Gasteiger partial charge in [0.15, 0.2) is 4.99 Å². The summed E-state index contributed by atoms with van der Waals surface area (Å²) >= 11 is 3.24. The molecular weight excluding hydrogens is 214 g/mol. The van der Waals surface area contributed by atoms with Crippen LogP contribution in [0.15, 0.2) is 22.0 Å². The topological polar surface area (TPSA) is 28.5 Å². The monoisotopic (exact) mass is 224 g/mol. The zero-order valence-electron chi connectivity index (χ0n) is 7.97. The van der Waals surface area contributed by atoms with Crippen molar-refractivity contribution in [2.24, 2.45) is 4.99 Å². The van der Waals surface area contributed by atoms with Crippen LogP contribution in [0.1, 0.15) is 6.92 Å². The maximum atomic E-state index is 4.43. The lowest BCUT2D eigenvalue weighted by Gasteiger charge is -2.35. The molecule has 0 bridgehead atoms. The van der Waals surface area contributed by atoms with Crippen LogP contribution >= 0.6 is 23.1 Å². The maximum Gasteiger partial charge on any atom is 0.182 e. The molecule has 5 heteroatoms. The Morgan fingerprint density at radius 3 is 3.14 bits per heavy atom. The number of rotatable bonds is 2. The molecule has 0 amide bonds. The number of hydrogen-bond acceptors (Lipinski definition) is 5. The number of thioether (sulfide) groups is 1. The van der Waals surface area contributed by atoms with E-state index in [4.69, 9.17) is 0 Å². The van der Waals surface area contributed by atoms with Gasteiger partial charge >= 0.3 is 0 Å². The fraction of sp³-hybridized carbons (Fsp3) is 0.333. The summed E-state index contributed by atoms with van der Waals surface area (Å²) in [5.41, 5.74) is 1.82. The van der Waals surface area contributed by atoms with Crippen LogP contribution in [0.3, 0.4) is 0 Å². The Morgan fingerprint density at radius 1 is 1.64 bits per heavy atom. The van der Waals surface area contributed by atoms with Crippen LogP contribution in [0.25, 0.3) is 0 Å². The molecule has 1 unspecified atom stereocenters. The summed E-state index contributed by atoms with van der Waals surface area (Å²) in [6.45, 7) is 2.05. The lowest BCUT2D eigenvalue weighted by atomic mass is 10.4. The number of aliphatic imine (C=N–C) groups is 1. The van der Waals surface area contributed by atoms with E-state index in [2.05, 4.69) is 16.2 Å². The van der Waals surface area contributed by atoms with Crippen LogP contribution in [0, 0.1) is 6.20 Å². The third-order valence-corrected chi connectivity index (χ3v) is 3.68. The van der Waals surface area contributed by atoms with Crippen molar-refractivity contribution >= 4 is 35.1 Å². The van der Waals surface area contributed by atoms with Crippen LogP contribution in [0.4, 0.5) is 5.82 Å². The molecule has 0 saturated heterocycles. The first-order valence-electron chi connectivity index (χ1n) is 4.13. The van der Waals surface area contributed by atoms with Crippen molar-refractivity contribution < 1.29 is 0 Å². The van der Waals surface area contributed by atoms with E-state index in [1.165, 1.54) is 0 Å². The lowest BCUT2D eigenvalue weighted by molar-refractivity contribution is 0.667. The molecule has 1 aliphatic heterocycles. The first kappa shape index (κ1) is 9.73. The molecule has 1 aromatic heterocycles. The largest absolute Gasteiger partial charge is 0.289 e. The molecule has 0 N–H and O–H groups in total. The van der Waals surface area contributed by atoms with Gasteiger partial charge in [0, 0.05) is 11.6 Å². The highest BCUT2D eigenvalue weighted by Crippen LogP contribution is 2.34. The molecule has 0 aromatic carbocycles. The maximum absolute atomic E-state index is 4.43. The molecule has 1 atom stereocenters. The minimum absolute atomic E-state index is 0.317. The predicted octanol–water partition coefficient (Wildman–Crippen LogP) is 2.39. The van der Waals surface area contributed by atoms with Crippen LogP contribution < -0.4 is 4.90 Å². The minimum Gasteiger partial charge on any atom is -0.289 e. The molecule has 73 valence electrons. The van der Waals surface area contributed by atoms with Crippen molar-refractivity contribution in [3.8, 4) is 0 Å². The zero-order valence-corrected chi connectivity index (χ0v) is 9.60. The van der Waals surface area contributed by atoms with Crippen molar-refractivity contribution in [1.82, 2.24) is 4.98 Å². The Bertz CT molecular complexity index is 358. The summed E-state index contributed by atoms with van der Waals surface area (Å²) in [5, 5.41) is 2.00. The highest BCUT2D eigenvalue weighted by Gasteiger charge is 2.31. The van der Waals surface area contributed by atoms with Crippen molar-refractivity contribution in [3.63, 3.8) is 0 Å². The van der Waals surface area contributed by atoms with Gasteiger partial charge in [-0.15, -0.1) is 23.1 Å². The van der Waals surface area contributed by atoms with E-state index in [-0.39, 0.29) is 4.99 Å². The van der Waals surface area contributed by atoms with Crippen molar-refractivity contribution in [1.29, 1.82) is 0 Å². The van der Waals surface area contributed by atoms with Gasteiger partial charge in [-0.05, 0) is 19.3 Å². The molecule has 1 aliphatic rings. The van der Waals surface area contributed by atoms with Gasteiger partial charge in [-0.2, -0.15) is 0 Å². The van der Waals surface area contributed by atoms with Gasteiger partial charge in [0.1, 0.15) is 5.82 Å². The predicted molar refractivity (Wildman–Crippen MR) is 62.8 cm³/mol. The van der Waals surface area contributed by atoms with Crippen LogP contribution in [0.2, 0.25) is 0 Å². The Balaban J connectivity index is 2.34. The molecule has 0 spiro atoms. The Kier molecular flexibility index (Phi) is 2.60. The number of allylic oxidation sites excluding steroid dienone is 1. The van der Waals surface area contributed by atoms with Gasteiger partial charge in [0.2, 0.25) is 0 Å². The van der Waals surface area contributed by atoms with Crippen LogP contribution in [0.5, 0.6) is 0 Å². The second-order valence-electron chi connectivity index (χ2n) is 2.89. The zero-order chi connectivity index (χ0) is 10.0. The standard InChI is InChI=1S/C9H10N3S2/c1-9(13-2)11-4-3-5-12(9)8-6-14-7-10-8/h3-4,6-7H,1-2H3. The van der Waals surface area contributed by atoms with E-state index in [1.807, 2.05) is 29.0 Å². The fourth-order valence-corrected chi connectivity index (χ4v) is 2.21. The molecule has 14 heavy (non-hydrogen) atoms. The normalized spacial score (nSPS) is 25.7. The summed E-state index contributed by atoms with van der Waals surface area (Å²) < 4.78 is 0. The van der Waals surface area contributed by atoms with E-state index >= 15 is 0 Å². The van der Waals surface area contributed by atoms with Gasteiger partial charge in [-0.25, -0.2) is 4.98 Å². The van der Waals surface area contributed by atoms with Crippen molar-refractivity contribution in [2.45, 2.75) is 11.9 Å². The summed E-state index contributed by atoms with van der Waals surface area (Å²) in [6.07, 6.45) is 8.76. The Morgan fingerprint density at radius 2 is 2.50 bits per heavy atom.